The van der Waals surface area contributed by atoms with E-state index in [-0.39, 0.29) is 11.5 Å². The number of methoxy groups -OCH3 is 2. The van der Waals surface area contributed by atoms with Gasteiger partial charge in [0.2, 0.25) is 11.4 Å². The normalized spacial score (nSPS) is 38.1. The molecule has 0 amide bonds. The van der Waals surface area contributed by atoms with Gasteiger partial charge in [0, 0.05) is 30.0 Å². The summed E-state index contributed by atoms with van der Waals surface area (Å²) in [4.78, 5) is 12.8. The first kappa shape index (κ1) is 19.1. The molecule has 4 aliphatic heterocycles. The van der Waals surface area contributed by atoms with Crippen LogP contribution in [0, 0.1) is 6.92 Å². The van der Waals surface area contributed by atoms with Crippen molar-refractivity contribution in [1.29, 1.82) is 0 Å². The molecule has 0 aromatic heterocycles. The number of phenols is 1. The number of aromatic hydroxyl groups is 1. The molecule has 2 aromatic carbocycles. The number of carbonyl (C=O) groups is 1. The predicted octanol–water partition coefficient (Wildman–Crippen LogP) is 3.07. The third-order valence-corrected chi connectivity index (χ3v) is 8.06. The number of hydrogen-bond acceptors (Lipinski definition) is 8. The Labute approximate surface area is 184 Å². The fraction of sp³-hybridized carbons (Fsp3) is 0.542. The van der Waals surface area contributed by atoms with E-state index in [1.165, 1.54) is 0 Å². The molecule has 0 saturated carbocycles. The maximum atomic E-state index is 12.8. The van der Waals surface area contributed by atoms with Crippen LogP contribution in [0.4, 0.5) is 0 Å². The Morgan fingerprint density at radius 3 is 2.69 bits per heavy atom. The zero-order valence-electron chi connectivity index (χ0n) is 18.4. The highest BCUT2D eigenvalue weighted by atomic mass is 16.9. The zero-order valence-corrected chi connectivity index (χ0v) is 18.4. The van der Waals surface area contributed by atoms with Crippen molar-refractivity contribution in [3.8, 4) is 17.2 Å². The number of benzene rings is 2. The molecule has 3 saturated heterocycles. The summed E-state index contributed by atoms with van der Waals surface area (Å²) in [5.74, 6) is -1.35. The van der Waals surface area contributed by atoms with Crippen LogP contribution in [0.15, 0.2) is 6.07 Å². The Balaban J connectivity index is 1.59. The molecular formula is C24H24O8. The summed E-state index contributed by atoms with van der Waals surface area (Å²) in [5.41, 5.74) is 1.89. The average molecular weight is 440 g/mol. The SMILES string of the molecule is COc1c2c(c(O)c3c4c(c(C)cc13)[C@@H]1O[C@]3(C)O[C@@H]1C(OC)(O4)[C@@]31CO1)C(=O)CCC2. The summed E-state index contributed by atoms with van der Waals surface area (Å²) in [6.07, 6.45) is 0.813. The van der Waals surface area contributed by atoms with Crippen LogP contribution < -0.4 is 9.47 Å². The van der Waals surface area contributed by atoms with Crippen molar-refractivity contribution in [3.63, 3.8) is 0 Å². The van der Waals surface area contributed by atoms with Gasteiger partial charge in [-0.3, -0.25) is 4.79 Å². The van der Waals surface area contributed by atoms with Crippen LogP contribution >= 0.6 is 0 Å². The van der Waals surface area contributed by atoms with E-state index < -0.39 is 29.4 Å². The van der Waals surface area contributed by atoms with Gasteiger partial charge in [0.05, 0.1) is 24.7 Å². The van der Waals surface area contributed by atoms with Gasteiger partial charge in [-0.1, -0.05) is 0 Å². The molecule has 4 heterocycles. The molecule has 8 heteroatoms. The number of fused-ring (bicyclic) bond motifs is 8. The van der Waals surface area contributed by atoms with E-state index in [4.69, 9.17) is 28.4 Å². The highest BCUT2D eigenvalue weighted by Gasteiger charge is 2.89. The number of aryl methyl sites for hydroxylation is 1. The molecule has 2 bridgehead atoms. The molecule has 0 radical (unpaired) electrons. The number of ketones is 1. The van der Waals surface area contributed by atoms with Crippen LogP contribution in [0.2, 0.25) is 0 Å². The van der Waals surface area contributed by atoms with E-state index in [1.807, 2.05) is 19.9 Å². The number of phenolic OH excluding ortho intramolecular Hbond substituents is 1. The maximum absolute atomic E-state index is 12.8. The summed E-state index contributed by atoms with van der Waals surface area (Å²) < 4.78 is 37.0. The van der Waals surface area contributed by atoms with Crippen LogP contribution in [-0.2, 0) is 25.4 Å². The number of Topliss-reactive ketones (excluding diaryl/α,β-unsaturated/α-hetero) is 1. The van der Waals surface area contributed by atoms with Gasteiger partial charge >= 0.3 is 0 Å². The Bertz CT molecular complexity index is 1250. The van der Waals surface area contributed by atoms with E-state index in [2.05, 4.69) is 0 Å². The number of carbonyl (C=O) groups excluding carboxylic acids is 1. The van der Waals surface area contributed by atoms with Crippen molar-refractivity contribution < 1.29 is 38.3 Å². The molecule has 168 valence electrons. The lowest BCUT2D eigenvalue weighted by Crippen LogP contribution is -2.66. The van der Waals surface area contributed by atoms with E-state index >= 15 is 0 Å². The number of epoxide rings is 1. The first-order valence-electron chi connectivity index (χ1n) is 11.0. The minimum atomic E-state index is -1.22. The van der Waals surface area contributed by atoms with Gasteiger partial charge in [0.15, 0.2) is 11.9 Å². The second-order valence-corrected chi connectivity index (χ2v) is 9.48. The van der Waals surface area contributed by atoms with Crippen molar-refractivity contribution in [2.45, 2.75) is 62.5 Å². The quantitative estimate of drug-likeness (QED) is 0.712. The van der Waals surface area contributed by atoms with Crippen molar-refractivity contribution in [3.05, 3.63) is 28.3 Å². The molecule has 5 aliphatic rings. The second kappa shape index (κ2) is 5.56. The Morgan fingerprint density at radius 2 is 2.00 bits per heavy atom. The number of ether oxygens (including phenoxy) is 6. The monoisotopic (exact) mass is 440 g/mol. The summed E-state index contributed by atoms with van der Waals surface area (Å²) >= 11 is 0. The summed E-state index contributed by atoms with van der Waals surface area (Å²) in [6.45, 7) is 4.21. The molecule has 32 heavy (non-hydrogen) atoms. The van der Waals surface area contributed by atoms with Gasteiger partial charge in [-0.25, -0.2) is 0 Å². The van der Waals surface area contributed by atoms with Crippen LogP contribution in [-0.4, -0.2) is 55.0 Å². The predicted molar refractivity (Wildman–Crippen MR) is 110 cm³/mol. The van der Waals surface area contributed by atoms with Crippen molar-refractivity contribution in [2.75, 3.05) is 20.8 Å². The summed E-state index contributed by atoms with van der Waals surface area (Å²) in [5, 5.41) is 12.6. The van der Waals surface area contributed by atoms with E-state index in [0.29, 0.717) is 47.3 Å². The van der Waals surface area contributed by atoms with Gasteiger partial charge in [0.1, 0.15) is 23.4 Å². The summed E-state index contributed by atoms with van der Waals surface area (Å²) in [7, 11) is 3.16. The molecule has 5 atom stereocenters. The molecule has 8 nitrogen and oxygen atoms in total. The lowest BCUT2D eigenvalue weighted by Gasteiger charge is -2.47. The Hall–Kier alpha value is -2.39. The zero-order chi connectivity index (χ0) is 22.2. The molecule has 7 rings (SSSR count). The topological polar surface area (TPSA) is 96.0 Å². The van der Waals surface area contributed by atoms with Gasteiger partial charge in [-0.05, 0) is 38.3 Å². The lowest BCUT2D eigenvalue weighted by atomic mass is 9.78. The molecule has 3 fully saturated rings. The third-order valence-electron chi connectivity index (χ3n) is 8.06. The Morgan fingerprint density at radius 1 is 1.22 bits per heavy atom. The smallest absolute Gasteiger partial charge is 0.276 e. The summed E-state index contributed by atoms with van der Waals surface area (Å²) in [6, 6.07) is 1.97. The average Bonchev–Trinajstić information content (AvgIpc) is 3.46. The fourth-order valence-electron chi connectivity index (χ4n) is 6.55. The van der Waals surface area contributed by atoms with Crippen LogP contribution in [0.5, 0.6) is 17.2 Å². The van der Waals surface area contributed by atoms with E-state index in [0.717, 1.165) is 23.1 Å². The molecule has 1 spiro atoms. The van der Waals surface area contributed by atoms with Crippen LogP contribution in [0.25, 0.3) is 10.8 Å². The third kappa shape index (κ3) is 1.79. The highest BCUT2D eigenvalue weighted by Crippen LogP contribution is 2.70. The minimum absolute atomic E-state index is 0.0757. The maximum Gasteiger partial charge on any atom is 0.276 e. The van der Waals surface area contributed by atoms with Crippen molar-refractivity contribution in [2.24, 2.45) is 0 Å². The Kier molecular flexibility index (Phi) is 3.32. The van der Waals surface area contributed by atoms with E-state index in [1.54, 1.807) is 14.2 Å². The molecule has 2 aromatic rings. The largest absolute Gasteiger partial charge is 0.506 e. The van der Waals surface area contributed by atoms with Crippen LogP contribution in [0.1, 0.15) is 52.9 Å². The first-order chi connectivity index (χ1) is 15.3. The molecule has 1 unspecified atom stereocenters. The lowest BCUT2D eigenvalue weighted by molar-refractivity contribution is -0.284. The molecule has 1 aliphatic carbocycles. The van der Waals surface area contributed by atoms with Gasteiger partial charge in [-0.2, -0.15) is 0 Å². The second-order valence-electron chi connectivity index (χ2n) is 9.48. The standard InChI is InChI=1S/C24H24O8/c1-10-8-12-16(17(26)15-11(18(12)27-3)6-5-7-13(15)25)19-14(10)20-21-24(28-4,31-19)23(9-29-23)22(2,30-20)32-21/h8,20-21,26H,5-7,9H2,1-4H3/t20-,21-,22+,23+,24?/m0/s1. The number of hydrogen-bond donors (Lipinski definition) is 1. The van der Waals surface area contributed by atoms with Crippen molar-refractivity contribution in [1.82, 2.24) is 0 Å². The number of rotatable bonds is 2. The van der Waals surface area contributed by atoms with Crippen molar-refractivity contribution >= 4 is 16.6 Å². The van der Waals surface area contributed by atoms with E-state index in [9.17, 15) is 9.90 Å². The van der Waals surface area contributed by atoms with Crippen LogP contribution in [0.3, 0.4) is 0 Å². The minimum Gasteiger partial charge on any atom is -0.506 e. The first-order valence-corrected chi connectivity index (χ1v) is 11.0. The van der Waals surface area contributed by atoms with Gasteiger partial charge in [0.25, 0.3) is 5.79 Å². The highest BCUT2D eigenvalue weighted by molar-refractivity contribution is 6.11. The molecule has 1 N–H and O–H groups in total. The fourth-order valence-corrected chi connectivity index (χ4v) is 6.55. The molecular weight excluding hydrogens is 416 g/mol. The van der Waals surface area contributed by atoms with Gasteiger partial charge < -0.3 is 33.5 Å². The van der Waals surface area contributed by atoms with Gasteiger partial charge in [-0.15, -0.1) is 0 Å².